The van der Waals surface area contributed by atoms with Gasteiger partial charge in [-0.05, 0) is 92.7 Å². The Morgan fingerprint density at radius 2 is 1.78 bits per heavy atom. The van der Waals surface area contributed by atoms with Gasteiger partial charge in [-0.2, -0.15) is 0 Å². The highest BCUT2D eigenvalue weighted by molar-refractivity contribution is 7.81. The van der Waals surface area contributed by atoms with Gasteiger partial charge in [-0.3, -0.25) is 14.5 Å². The number of nitrogens with zero attached hydrogens (tertiary/aromatic N) is 2. The average Bonchev–Trinajstić information content (AvgIpc) is 3.00. The van der Waals surface area contributed by atoms with E-state index in [1.165, 1.54) is 5.56 Å². The van der Waals surface area contributed by atoms with Crippen molar-refractivity contribution in [3.8, 4) is 0 Å². The first-order valence-electron chi connectivity index (χ1n) is 11.1. The summed E-state index contributed by atoms with van der Waals surface area (Å²) < 4.78 is 0. The molecule has 1 saturated heterocycles. The molecule has 2 aromatic rings. The van der Waals surface area contributed by atoms with E-state index in [2.05, 4.69) is 12.2 Å². The number of aliphatic hydroxyl groups excluding tert-OH is 1. The van der Waals surface area contributed by atoms with Gasteiger partial charge in [0.05, 0.1) is 12.3 Å². The standard InChI is InChI=1S/C25H29N3O3S/c1-17-4-8-21(16-18(17)2)27-23(31)25(12-3-13-25)28(24(27)32)20-9-5-19(6-10-20)7-11-22(30)26-14-15-29/h4-6,8-10,16,29H,3,7,11-15H2,1-2H3,(H,26,30). The Labute approximate surface area is 194 Å². The molecule has 2 aromatic carbocycles. The number of benzene rings is 2. The molecule has 0 radical (unpaired) electrons. The molecule has 0 atom stereocenters. The quantitative estimate of drug-likeness (QED) is 0.632. The van der Waals surface area contributed by atoms with E-state index in [1.54, 1.807) is 4.90 Å². The van der Waals surface area contributed by atoms with Gasteiger partial charge < -0.3 is 15.3 Å². The number of carbonyl (C=O) groups excluding carboxylic acids is 2. The molecule has 4 rings (SSSR count). The maximum Gasteiger partial charge on any atom is 0.259 e. The molecule has 7 heteroatoms. The van der Waals surface area contributed by atoms with Crippen molar-refractivity contribution in [1.82, 2.24) is 5.32 Å². The predicted octanol–water partition coefficient (Wildman–Crippen LogP) is 3.41. The van der Waals surface area contributed by atoms with E-state index in [0.29, 0.717) is 18.0 Å². The SMILES string of the molecule is Cc1ccc(N2C(=O)C3(CCC3)N(c3ccc(CCC(=O)NCCO)cc3)C2=S)cc1C. The molecule has 6 nitrogen and oxygen atoms in total. The van der Waals surface area contributed by atoms with Crippen LogP contribution in [0.25, 0.3) is 0 Å². The third-order valence-electron chi connectivity index (χ3n) is 6.61. The smallest absolute Gasteiger partial charge is 0.259 e. The number of rotatable bonds is 7. The second kappa shape index (κ2) is 9.00. The molecule has 168 valence electrons. The summed E-state index contributed by atoms with van der Waals surface area (Å²) in [4.78, 5) is 29.1. The number of anilines is 2. The molecule has 2 N–H and O–H groups in total. The van der Waals surface area contributed by atoms with Gasteiger partial charge in [0.15, 0.2) is 5.11 Å². The van der Waals surface area contributed by atoms with Gasteiger partial charge in [-0.15, -0.1) is 0 Å². The van der Waals surface area contributed by atoms with Crippen LogP contribution in [-0.2, 0) is 16.0 Å². The van der Waals surface area contributed by atoms with Crippen molar-refractivity contribution in [2.75, 3.05) is 23.0 Å². The molecule has 1 aliphatic carbocycles. The zero-order valence-electron chi connectivity index (χ0n) is 18.6. The van der Waals surface area contributed by atoms with Crippen molar-refractivity contribution >= 4 is 40.5 Å². The van der Waals surface area contributed by atoms with Crippen molar-refractivity contribution < 1.29 is 14.7 Å². The zero-order chi connectivity index (χ0) is 22.9. The summed E-state index contributed by atoms with van der Waals surface area (Å²) in [6.07, 6.45) is 3.57. The summed E-state index contributed by atoms with van der Waals surface area (Å²) in [5, 5.41) is 12.0. The monoisotopic (exact) mass is 451 g/mol. The third-order valence-corrected chi connectivity index (χ3v) is 6.98. The van der Waals surface area contributed by atoms with Crippen LogP contribution in [-0.4, -0.2) is 40.7 Å². The van der Waals surface area contributed by atoms with Crippen molar-refractivity contribution in [2.45, 2.75) is 51.5 Å². The molecular formula is C25H29N3O3S. The minimum atomic E-state index is -0.596. The normalized spacial score (nSPS) is 17.1. The summed E-state index contributed by atoms with van der Waals surface area (Å²) in [7, 11) is 0. The number of thiocarbonyl (C=S) groups is 1. The maximum absolute atomic E-state index is 13.6. The highest BCUT2D eigenvalue weighted by Crippen LogP contribution is 2.47. The Morgan fingerprint density at radius 1 is 1.09 bits per heavy atom. The first-order chi connectivity index (χ1) is 15.4. The van der Waals surface area contributed by atoms with Crippen molar-refractivity contribution in [3.05, 3.63) is 59.2 Å². The van der Waals surface area contributed by atoms with Gasteiger partial charge >= 0.3 is 0 Å². The predicted molar refractivity (Wildman–Crippen MR) is 130 cm³/mol. The van der Waals surface area contributed by atoms with E-state index in [4.69, 9.17) is 17.3 Å². The summed E-state index contributed by atoms with van der Waals surface area (Å²) in [5.41, 5.74) is 4.48. The van der Waals surface area contributed by atoms with Crippen molar-refractivity contribution in [3.63, 3.8) is 0 Å². The van der Waals surface area contributed by atoms with E-state index >= 15 is 0 Å². The number of carbonyl (C=O) groups is 2. The molecule has 0 bridgehead atoms. The lowest BCUT2D eigenvalue weighted by molar-refractivity contribution is -0.124. The van der Waals surface area contributed by atoms with E-state index in [0.717, 1.165) is 41.8 Å². The first-order valence-corrected chi connectivity index (χ1v) is 11.5. The summed E-state index contributed by atoms with van der Waals surface area (Å²) in [5.74, 6) is -0.0199. The van der Waals surface area contributed by atoms with E-state index in [1.807, 2.05) is 54.3 Å². The minimum absolute atomic E-state index is 0.0571. The Kier molecular flexibility index (Phi) is 6.31. The Hall–Kier alpha value is -2.77. The van der Waals surface area contributed by atoms with Gasteiger partial charge in [0.1, 0.15) is 5.54 Å². The molecular weight excluding hydrogens is 422 g/mol. The number of aliphatic hydroxyl groups is 1. The molecule has 0 aromatic heterocycles. The Balaban J connectivity index is 1.56. The lowest BCUT2D eigenvalue weighted by atomic mass is 9.75. The third kappa shape index (κ3) is 3.91. The van der Waals surface area contributed by atoms with Gasteiger partial charge in [0, 0.05) is 18.7 Å². The molecule has 2 aliphatic rings. The highest BCUT2D eigenvalue weighted by atomic mass is 32.1. The molecule has 1 aliphatic heterocycles. The van der Waals surface area contributed by atoms with E-state index in [9.17, 15) is 9.59 Å². The number of hydrogen-bond donors (Lipinski definition) is 2. The molecule has 1 heterocycles. The fourth-order valence-corrected chi connectivity index (χ4v) is 4.89. The molecule has 2 fully saturated rings. The van der Waals surface area contributed by atoms with Crippen LogP contribution in [0.3, 0.4) is 0 Å². The first kappa shape index (κ1) is 22.4. The van der Waals surface area contributed by atoms with Crippen LogP contribution in [0.4, 0.5) is 11.4 Å². The summed E-state index contributed by atoms with van der Waals surface area (Å²) in [6.45, 7) is 4.32. The second-order valence-electron chi connectivity index (χ2n) is 8.65. The van der Waals surface area contributed by atoms with Gasteiger partial charge in [0.2, 0.25) is 5.91 Å². The maximum atomic E-state index is 13.6. The van der Waals surface area contributed by atoms with E-state index < -0.39 is 5.54 Å². The molecule has 1 saturated carbocycles. The van der Waals surface area contributed by atoms with Crippen LogP contribution in [0.15, 0.2) is 42.5 Å². The van der Waals surface area contributed by atoms with E-state index in [-0.39, 0.29) is 25.0 Å². The number of aryl methyl sites for hydroxylation is 3. The van der Waals surface area contributed by atoms with Gasteiger partial charge in [-0.1, -0.05) is 18.2 Å². The molecule has 2 amide bonds. The van der Waals surface area contributed by atoms with Crippen molar-refractivity contribution in [2.24, 2.45) is 0 Å². The lowest BCUT2D eigenvalue weighted by Gasteiger charge is -2.43. The highest BCUT2D eigenvalue weighted by Gasteiger charge is 2.59. The number of nitrogens with one attached hydrogen (secondary N) is 1. The zero-order valence-corrected chi connectivity index (χ0v) is 19.4. The Bertz CT molecular complexity index is 1050. The lowest BCUT2D eigenvalue weighted by Crippen LogP contribution is -2.55. The number of hydrogen-bond acceptors (Lipinski definition) is 4. The van der Waals surface area contributed by atoms with Crippen LogP contribution in [0.2, 0.25) is 0 Å². The largest absolute Gasteiger partial charge is 0.395 e. The number of amides is 2. The van der Waals surface area contributed by atoms with Gasteiger partial charge in [-0.25, -0.2) is 0 Å². The van der Waals surface area contributed by atoms with Crippen LogP contribution >= 0.6 is 12.2 Å². The average molecular weight is 452 g/mol. The second-order valence-corrected chi connectivity index (χ2v) is 9.02. The van der Waals surface area contributed by atoms with Crippen LogP contribution in [0, 0.1) is 13.8 Å². The van der Waals surface area contributed by atoms with Crippen LogP contribution in [0.5, 0.6) is 0 Å². The summed E-state index contributed by atoms with van der Waals surface area (Å²) in [6, 6.07) is 14.0. The van der Waals surface area contributed by atoms with Gasteiger partial charge in [0.25, 0.3) is 5.91 Å². The topological polar surface area (TPSA) is 72.9 Å². The molecule has 1 spiro atoms. The van der Waals surface area contributed by atoms with Crippen LogP contribution < -0.4 is 15.1 Å². The van der Waals surface area contributed by atoms with Crippen molar-refractivity contribution in [1.29, 1.82) is 0 Å². The molecule has 32 heavy (non-hydrogen) atoms. The summed E-state index contributed by atoms with van der Waals surface area (Å²) >= 11 is 5.84. The van der Waals surface area contributed by atoms with Crippen LogP contribution in [0.1, 0.15) is 42.4 Å². The minimum Gasteiger partial charge on any atom is -0.395 e. The fourth-order valence-electron chi connectivity index (χ4n) is 4.43. The fraction of sp³-hybridized carbons (Fsp3) is 0.400. The Morgan fingerprint density at radius 3 is 2.38 bits per heavy atom. The molecule has 0 unspecified atom stereocenters.